The Labute approximate surface area is 121 Å². The molecule has 0 unspecified atom stereocenters. The molecule has 112 valence electrons. The van der Waals surface area contributed by atoms with Crippen LogP contribution in [0.15, 0.2) is 0 Å². The van der Waals surface area contributed by atoms with Gasteiger partial charge in [0.05, 0.1) is 18.1 Å². The van der Waals surface area contributed by atoms with Crippen LogP contribution in [-0.4, -0.2) is 24.8 Å². The number of esters is 1. The minimum atomic E-state index is -0.0274. The van der Waals surface area contributed by atoms with Crippen LogP contribution >= 0.6 is 0 Å². The molecule has 0 atom stereocenters. The number of ether oxygens (including phenoxy) is 2. The summed E-state index contributed by atoms with van der Waals surface area (Å²) in [5.74, 6) is 0.187. The Morgan fingerprint density at radius 3 is 2.20 bits per heavy atom. The molecule has 0 aromatic carbocycles. The zero-order valence-corrected chi connectivity index (χ0v) is 12.3. The molecule has 2 fully saturated rings. The zero-order valence-electron chi connectivity index (χ0n) is 12.3. The first-order valence-corrected chi connectivity index (χ1v) is 7.94. The van der Waals surface area contributed by atoms with Crippen molar-refractivity contribution >= 4 is 5.97 Å². The molecule has 0 radical (unpaired) electrons. The highest BCUT2D eigenvalue weighted by molar-refractivity contribution is 5.72. The largest absolute Gasteiger partial charge is 0.462 e. The van der Waals surface area contributed by atoms with Gasteiger partial charge in [0.1, 0.15) is 6.10 Å². The number of hydrogen-bond acceptors (Lipinski definition) is 4. The fourth-order valence-corrected chi connectivity index (χ4v) is 3.27. The van der Waals surface area contributed by atoms with Gasteiger partial charge in [-0.1, -0.05) is 0 Å². The van der Waals surface area contributed by atoms with Crippen LogP contribution in [0.4, 0.5) is 0 Å². The molecule has 0 saturated heterocycles. The highest BCUT2D eigenvalue weighted by Crippen LogP contribution is 2.30. The van der Waals surface area contributed by atoms with Gasteiger partial charge in [-0.15, -0.1) is 0 Å². The van der Waals surface area contributed by atoms with E-state index in [4.69, 9.17) is 14.7 Å². The van der Waals surface area contributed by atoms with E-state index < -0.39 is 0 Å². The molecule has 0 N–H and O–H groups in total. The summed E-state index contributed by atoms with van der Waals surface area (Å²) >= 11 is 0. The Morgan fingerprint density at radius 1 is 1.05 bits per heavy atom. The van der Waals surface area contributed by atoms with Gasteiger partial charge < -0.3 is 9.47 Å². The third-order valence-electron chi connectivity index (χ3n) is 4.55. The van der Waals surface area contributed by atoms with Crippen LogP contribution in [0.25, 0.3) is 0 Å². The van der Waals surface area contributed by atoms with Crippen molar-refractivity contribution in [3.05, 3.63) is 0 Å². The number of carbonyl (C=O) groups excluding carboxylic acids is 1. The summed E-state index contributed by atoms with van der Waals surface area (Å²) in [6, 6.07) is 2.30. The molecule has 2 saturated carbocycles. The molecule has 0 aromatic heterocycles. The fraction of sp³-hybridized carbons (Fsp3) is 0.875. The van der Waals surface area contributed by atoms with Gasteiger partial charge in [-0.2, -0.15) is 5.26 Å². The van der Waals surface area contributed by atoms with E-state index in [1.807, 2.05) is 6.92 Å². The van der Waals surface area contributed by atoms with Crippen molar-refractivity contribution in [2.24, 2.45) is 11.8 Å². The molecular weight excluding hydrogens is 254 g/mol. The Morgan fingerprint density at radius 2 is 1.65 bits per heavy atom. The molecule has 4 nitrogen and oxygen atoms in total. The molecule has 4 heteroatoms. The van der Waals surface area contributed by atoms with E-state index in [0.717, 1.165) is 58.0 Å². The van der Waals surface area contributed by atoms with Crippen molar-refractivity contribution in [1.29, 1.82) is 5.26 Å². The van der Waals surface area contributed by atoms with Gasteiger partial charge in [-0.3, -0.25) is 4.79 Å². The monoisotopic (exact) mass is 279 g/mol. The van der Waals surface area contributed by atoms with Crippen molar-refractivity contribution in [3.63, 3.8) is 0 Å². The molecule has 0 amide bonds. The standard InChI is InChI=1S/C16H25NO3/c1-2-19-14-9-5-13(6-10-14)16(18)20-15-7-3-12(11-17)4-8-15/h12-15H,2-10H2,1H3. The number of nitrogens with zero attached hydrogens (tertiary/aromatic N) is 1. The van der Waals surface area contributed by atoms with Crippen molar-refractivity contribution < 1.29 is 14.3 Å². The van der Waals surface area contributed by atoms with E-state index in [0.29, 0.717) is 6.10 Å². The van der Waals surface area contributed by atoms with Gasteiger partial charge >= 0.3 is 5.97 Å². The fourth-order valence-electron chi connectivity index (χ4n) is 3.27. The van der Waals surface area contributed by atoms with Crippen molar-refractivity contribution in [1.82, 2.24) is 0 Å². The smallest absolute Gasteiger partial charge is 0.309 e. The van der Waals surface area contributed by atoms with Gasteiger partial charge in [0.2, 0.25) is 0 Å². The summed E-state index contributed by atoms with van der Waals surface area (Å²) < 4.78 is 11.2. The maximum atomic E-state index is 12.2. The predicted molar refractivity (Wildman–Crippen MR) is 74.8 cm³/mol. The second kappa shape index (κ2) is 7.64. The molecule has 2 aliphatic rings. The normalized spacial score (nSPS) is 34.2. The first-order valence-electron chi connectivity index (χ1n) is 7.94. The van der Waals surface area contributed by atoms with E-state index in [9.17, 15) is 4.79 Å². The van der Waals surface area contributed by atoms with Crippen LogP contribution in [-0.2, 0) is 14.3 Å². The number of rotatable bonds is 4. The first-order chi connectivity index (χ1) is 9.72. The van der Waals surface area contributed by atoms with Gasteiger partial charge in [0.25, 0.3) is 0 Å². The minimum Gasteiger partial charge on any atom is -0.462 e. The Kier molecular flexibility index (Phi) is 5.85. The Bertz CT molecular complexity index is 347. The second-order valence-corrected chi connectivity index (χ2v) is 5.97. The van der Waals surface area contributed by atoms with Crippen molar-refractivity contribution in [3.8, 4) is 6.07 Å². The van der Waals surface area contributed by atoms with Crippen LogP contribution in [0.2, 0.25) is 0 Å². The molecule has 0 heterocycles. The summed E-state index contributed by atoms with van der Waals surface area (Å²) in [6.07, 6.45) is 7.50. The third kappa shape index (κ3) is 4.21. The second-order valence-electron chi connectivity index (χ2n) is 5.97. The highest BCUT2D eigenvalue weighted by Gasteiger charge is 2.30. The molecule has 2 aliphatic carbocycles. The predicted octanol–water partition coefficient (Wildman–Crippen LogP) is 3.21. The topological polar surface area (TPSA) is 59.3 Å². The number of hydrogen-bond donors (Lipinski definition) is 0. The first kappa shape index (κ1) is 15.3. The van der Waals surface area contributed by atoms with E-state index in [1.54, 1.807) is 0 Å². The molecule has 2 rings (SSSR count). The number of carbonyl (C=O) groups is 1. The number of nitriles is 1. The maximum Gasteiger partial charge on any atom is 0.309 e. The quantitative estimate of drug-likeness (QED) is 0.741. The molecular formula is C16H25NO3. The van der Waals surface area contributed by atoms with Gasteiger partial charge in [0.15, 0.2) is 0 Å². The summed E-state index contributed by atoms with van der Waals surface area (Å²) in [6.45, 7) is 2.76. The minimum absolute atomic E-state index is 0.0274. The molecule has 0 spiro atoms. The van der Waals surface area contributed by atoms with Crippen LogP contribution in [0.3, 0.4) is 0 Å². The zero-order chi connectivity index (χ0) is 14.4. The Hall–Kier alpha value is -1.08. The van der Waals surface area contributed by atoms with Crippen LogP contribution < -0.4 is 0 Å². The van der Waals surface area contributed by atoms with E-state index in [1.165, 1.54) is 0 Å². The summed E-state index contributed by atoms with van der Waals surface area (Å²) in [4.78, 5) is 12.2. The van der Waals surface area contributed by atoms with Gasteiger partial charge in [-0.05, 0) is 58.3 Å². The van der Waals surface area contributed by atoms with Crippen molar-refractivity contribution in [2.45, 2.75) is 70.5 Å². The SMILES string of the molecule is CCOC1CCC(C(=O)OC2CCC(C#N)CC2)CC1. The molecule has 20 heavy (non-hydrogen) atoms. The van der Waals surface area contributed by atoms with E-state index >= 15 is 0 Å². The Balaban J connectivity index is 1.70. The summed E-state index contributed by atoms with van der Waals surface area (Å²) in [7, 11) is 0. The lowest BCUT2D eigenvalue weighted by molar-refractivity contribution is -0.157. The lowest BCUT2D eigenvalue weighted by Gasteiger charge is -2.30. The van der Waals surface area contributed by atoms with Crippen LogP contribution in [0.1, 0.15) is 58.3 Å². The lowest BCUT2D eigenvalue weighted by Crippen LogP contribution is -2.31. The lowest BCUT2D eigenvalue weighted by atomic mass is 9.86. The van der Waals surface area contributed by atoms with E-state index in [2.05, 4.69) is 6.07 Å². The molecule has 0 bridgehead atoms. The van der Waals surface area contributed by atoms with E-state index in [-0.39, 0.29) is 23.9 Å². The highest BCUT2D eigenvalue weighted by atomic mass is 16.5. The van der Waals surface area contributed by atoms with Crippen molar-refractivity contribution in [2.75, 3.05) is 6.61 Å². The van der Waals surface area contributed by atoms with Gasteiger partial charge in [-0.25, -0.2) is 0 Å². The average molecular weight is 279 g/mol. The average Bonchev–Trinajstić information content (AvgIpc) is 2.49. The maximum absolute atomic E-state index is 12.2. The van der Waals surface area contributed by atoms with Gasteiger partial charge in [0, 0.05) is 12.5 Å². The molecule has 0 aromatic rings. The van der Waals surface area contributed by atoms with Crippen LogP contribution in [0.5, 0.6) is 0 Å². The van der Waals surface area contributed by atoms with Crippen LogP contribution in [0, 0.1) is 23.2 Å². The third-order valence-corrected chi connectivity index (χ3v) is 4.55. The summed E-state index contributed by atoms with van der Waals surface area (Å²) in [5, 5.41) is 8.86. The molecule has 0 aliphatic heterocycles. The summed E-state index contributed by atoms with van der Waals surface area (Å²) in [5.41, 5.74) is 0.